The maximum absolute atomic E-state index is 12.2. The molecule has 0 saturated carbocycles. The van der Waals surface area contributed by atoms with E-state index in [2.05, 4.69) is 19.8 Å². The Balaban J connectivity index is 2.20. The van der Waals surface area contributed by atoms with E-state index in [4.69, 9.17) is 10.3 Å². The first-order valence-electron chi connectivity index (χ1n) is 7.71. The van der Waals surface area contributed by atoms with Crippen molar-refractivity contribution in [1.82, 2.24) is 10.3 Å². The number of H-pyrrole nitrogens is 1. The number of para-hydroxylation sites is 1. The lowest BCUT2D eigenvalue weighted by atomic mass is 10.1. The summed E-state index contributed by atoms with van der Waals surface area (Å²) >= 11 is 0. The second-order valence-electron chi connectivity index (χ2n) is 6.42. The molecule has 0 fully saturated rings. The highest BCUT2D eigenvalue weighted by Crippen LogP contribution is 2.19. The number of carbonyl (C=O) groups is 2. The van der Waals surface area contributed by atoms with Crippen molar-refractivity contribution < 1.29 is 23.9 Å². The topological polar surface area (TPSA) is 117 Å². The first-order chi connectivity index (χ1) is 11.8. The van der Waals surface area contributed by atoms with Crippen LogP contribution in [0.25, 0.3) is 16.4 Å². The molecule has 0 spiro atoms. The van der Waals surface area contributed by atoms with Gasteiger partial charge in [0.2, 0.25) is 0 Å². The number of alkyl carbamates (subject to hydrolysis) is 1. The van der Waals surface area contributed by atoms with Gasteiger partial charge < -0.3 is 25.3 Å². The summed E-state index contributed by atoms with van der Waals surface area (Å²) in [5, 5.41) is 3.42. The average Bonchev–Trinajstić information content (AvgIpc) is 2.93. The number of aromatic amines is 1. The molecule has 0 bridgehead atoms. The van der Waals surface area contributed by atoms with Crippen LogP contribution >= 0.6 is 0 Å². The van der Waals surface area contributed by atoms with Gasteiger partial charge in [0.1, 0.15) is 11.6 Å². The van der Waals surface area contributed by atoms with Crippen LogP contribution in [0.4, 0.5) is 4.79 Å². The first kappa shape index (κ1) is 18.2. The van der Waals surface area contributed by atoms with E-state index >= 15 is 0 Å². The van der Waals surface area contributed by atoms with Crippen LogP contribution in [0.15, 0.2) is 30.5 Å². The Bertz CT molecular complexity index is 815. The van der Waals surface area contributed by atoms with Gasteiger partial charge in [-0.15, -0.1) is 4.79 Å². The third-order valence-electron chi connectivity index (χ3n) is 3.29. The van der Waals surface area contributed by atoms with Gasteiger partial charge in [0.15, 0.2) is 0 Å². The monoisotopic (exact) mass is 344 g/mol. The van der Waals surface area contributed by atoms with Crippen molar-refractivity contribution in [3.8, 4) is 0 Å². The molecule has 1 aromatic carbocycles. The molecule has 0 unspecified atom stereocenters. The number of esters is 1. The molecule has 1 heterocycles. The number of rotatable bonds is 5. The molecule has 0 aliphatic heterocycles. The summed E-state index contributed by atoms with van der Waals surface area (Å²) in [6.45, 7) is 5.16. The zero-order valence-corrected chi connectivity index (χ0v) is 14.3. The van der Waals surface area contributed by atoms with E-state index in [9.17, 15) is 9.59 Å². The molecule has 132 valence electrons. The van der Waals surface area contributed by atoms with Crippen molar-refractivity contribution in [3.63, 3.8) is 0 Å². The Labute approximate surface area is 144 Å². The number of nitrogens with zero attached hydrogens (tertiary/aromatic N) is 2. The van der Waals surface area contributed by atoms with Crippen LogP contribution in [-0.2, 0) is 20.7 Å². The highest BCUT2D eigenvalue weighted by atomic mass is 16.6. The Morgan fingerprint density at radius 3 is 2.76 bits per heavy atom. The van der Waals surface area contributed by atoms with E-state index in [1.807, 2.05) is 24.3 Å². The Hall–Kier alpha value is -3.12. The van der Waals surface area contributed by atoms with Crippen LogP contribution in [0.5, 0.6) is 0 Å². The maximum Gasteiger partial charge on any atom is 0.446 e. The molecule has 0 saturated heterocycles. The minimum Gasteiger partial charge on any atom is -0.444 e. The molecular weight excluding hydrogens is 324 g/mol. The fraction of sp³-hybridized carbons (Fsp3) is 0.353. The lowest BCUT2D eigenvalue weighted by Gasteiger charge is -2.22. The van der Waals surface area contributed by atoms with Crippen LogP contribution in [0.2, 0.25) is 0 Å². The molecular formula is C17H20N4O4. The second kappa shape index (κ2) is 7.63. The quantitative estimate of drug-likeness (QED) is 0.285. The summed E-state index contributed by atoms with van der Waals surface area (Å²) < 4.78 is 9.86. The van der Waals surface area contributed by atoms with Crippen LogP contribution in [0.1, 0.15) is 26.3 Å². The van der Waals surface area contributed by atoms with E-state index in [0.717, 1.165) is 16.5 Å². The second-order valence-corrected chi connectivity index (χ2v) is 6.42. The number of hydrogen-bond donors (Lipinski definition) is 2. The predicted octanol–water partition coefficient (Wildman–Crippen LogP) is 2.41. The fourth-order valence-corrected chi connectivity index (χ4v) is 2.32. The minimum absolute atomic E-state index is 0.182. The van der Waals surface area contributed by atoms with Gasteiger partial charge >= 0.3 is 18.5 Å². The number of hydrogen-bond acceptors (Lipinski definition) is 4. The van der Waals surface area contributed by atoms with Crippen LogP contribution in [-0.4, -0.2) is 39.9 Å². The molecule has 2 aromatic rings. The average molecular weight is 344 g/mol. The Kier molecular flexibility index (Phi) is 5.56. The highest BCUT2D eigenvalue weighted by Gasteiger charge is 2.27. The first-order valence-corrected chi connectivity index (χ1v) is 7.71. The van der Waals surface area contributed by atoms with Crippen LogP contribution < -0.4 is 5.32 Å². The summed E-state index contributed by atoms with van der Waals surface area (Å²) in [6.07, 6.45) is 1.81. The molecule has 8 heteroatoms. The number of aromatic nitrogens is 1. The number of nitrogens with one attached hydrogen (secondary N) is 2. The van der Waals surface area contributed by atoms with E-state index < -0.39 is 23.7 Å². The molecule has 2 N–H and O–H groups in total. The van der Waals surface area contributed by atoms with Crippen molar-refractivity contribution in [2.75, 3.05) is 0 Å². The van der Waals surface area contributed by atoms with Gasteiger partial charge in [0, 0.05) is 23.5 Å². The van der Waals surface area contributed by atoms with Crippen molar-refractivity contribution in [1.29, 1.82) is 0 Å². The molecule has 1 amide bonds. The largest absolute Gasteiger partial charge is 0.446 e. The Morgan fingerprint density at radius 2 is 2.08 bits per heavy atom. The number of carbonyl (C=O) groups excluding carboxylic acids is 2. The molecule has 25 heavy (non-hydrogen) atoms. The third-order valence-corrected chi connectivity index (χ3v) is 3.29. The van der Waals surface area contributed by atoms with Gasteiger partial charge in [-0.1, -0.05) is 18.2 Å². The maximum atomic E-state index is 12.2. The van der Waals surface area contributed by atoms with E-state index in [1.165, 1.54) is 0 Å². The summed E-state index contributed by atoms with van der Waals surface area (Å²) in [5.74, 6) is -0.769. The predicted molar refractivity (Wildman–Crippen MR) is 90.9 cm³/mol. The molecule has 0 aliphatic rings. The number of amides is 1. The fourth-order valence-electron chi connectivity index (χ4n) is 2.32. The Morgan fingerprint density at radius 1 is 1.36 bits per heavy atom. The van der Waals surface area contributed by atoms with E-state index in [0.29, 0.717) is 6.40 Å². The number of ether oxygens (including phenoxy) is 2. The van der Waals surface area contributed by atoms with Gasteiger partial charge in [-0.3, -0.25) is 0 Å². The van der Waals surface area contributed by atoms with Gasteiger partial charge in [0.05, 0.1) is 0 Å². The number of benzene rings is 1. The third kappa shape index (κ3) is 5.19. The normalized spacial score (nSPS) is 12.1. The summed E-state index contributed by atoms with van der Waals surface area (Å²) in [7, 11) is 0. The molecule has 2 rings (SSSR count). The summed E-state index contributed by atoms with van der Waals surface area (Å²) in [6, 6.07) is 6.59. The molecule has 0 aliphatic carbocycles. The van der Waals surface area contributed by atoms with Gasteiger partial charge in [0.25, 0.3) is 0 Å². The van der Waals surface area contributed by atoms with Crippen LogP contribution in [0, 0.1) is 0 Å². The standard InChI is InChI=1S/C17H20N4O4/c1-17(2,3)25-16(23)21-14(15(22)24-10-20-18)8-11-9-19-13-7-5-4-6-12(11)13/h4-7,9-10,14,19H,8H2,1-3H3,(H,21,23)/t14-/m0/s1. The smallest absolute Gasteiger partial charge is 0.444 e. The SMILES string of the molecule is CC(C)(C)OC(=O)N[C@@H](Cc1c[nH]c2ccccc12)C(=O)OC=[N+]=[N-]. The molecule has 1 atom stereocenters. The lowest BCUT2D eigenvalue weighted by molar-refractivity contribution is -0.141. The molecule has 1 aromatic heterocycles. The highest BCUT2D eigenvalue weighted by molar-refractivity contribution is 5.88. The summed E-state index contributed by atoms with van der Waals surface area (Å²) in [4.78, 5) is 29.9. The molecule has 0 radical (unpaired) electrons. The van der Waals surface area contributed by atoms with Crippen molar-refractivity contribution in [3.05, 3.63) is 41.6 Å². The summed E-state index contributed by atoms with van der Waals surface area (Å²) in [5.41, 5.74) is 9.45. The van der Waals surface area contributed by atoms with Crippen molar-refractivity contribution in [2.24, 2.45) is 0 Å². The van der Waals surface area contributed by atoms with E-state index in [-0.39, 0.29) is 6.42 Å². The zero-order valence-electron chi connectivity index (χ0n) is 14.3. The van der Waals surface area contributed by atoms with Gasteiger partial charge in [-0.2, -0.15) is 0 Å². The van der Waals surface area contributed by atoms with Crippen LogP contribution in [0.3, 0.4) is 0 Å². The molecule has 8 nitrogen and oxygen atoms in total. The number of fused-ring (bicyclic) bond motifs is 1. The van der Waals surface area contributed by atoms with E-state index in [1.54, 1.807) is 27.0 Å². The van der Waals surface area contributed by atoms with Crippen molar-refractivity contribution >= 4 is 29.4 Å². The zero-order chi connectivity index (χ0) is 18.4. The van der Waals surface area contributed by atoms with Gasteiger partial charge in [-0.05, 0) is 32.4 Å². The van der Waals surface area contributed by atoms with Gasteiger partial charge in [-0.25, -0.2) is 9.59 Å². The minimum atomic E-state index is -1.01. The van der Waals surface area contributed by atoms with Crippen molar-refractivity contribution in [2.45, 2.75) is 38.8 Å². The lowest BCUT2D eigenvalue weighted by Crippen LogP contribution is -2.45.